The van der Waals surface area contributed by atoms with Crippen molar-refractivity contribution in [1.82, 2.24) is 29.6 Å². The van der Waals surface area contributed by atoms with Crippen LogP contribution in [0.4, 0.5) is 5.95 Å². The molecule has 8 nitrogen and oxygen atoms in total. The predicted molar refractivity (Wildman–Crippen MR) is 106 cm³/mol. The van der Waals surface area contributed by atoms with Crippen molar-refractivity contribution >= 4 is 22.8 Å². The Balaban J connectivity index is 1.44. The van der Waals surface area contributed by atoms with Crippen molar-refractivity contribution in [2.45, 2.75) is 13.0 Å². The van der Waals surface area contributed by atoms with E-state index in [1.165, 1.54) is 6.33 Å². The first-order valence-corrected chi connectivity index (χ1v) is 9.07. The molecule has 3 aromatic rings. The molecule has 0 spiro atoms. The summed E-state index contributed by atoms with van der Waals surface area (Å²) in [5.41, 5.74) is 7.88. The van der Waals surface area contributed by atoms with E-state index in [9.17, 15) is 4.79 Å². The summed E-state index contributed by atoms with van der Waals surface area (Å²) in [6.45, 7) is 1.30. The van der Waals surface area contributed by atoms with Crippen LogP contribution in [-0.4, -0.2) is 49.1 Å². The number of carbonyl (C=O) groups is 1. The van der Waals surface area contributed by atoms with Gasteiger partial charge in [0.1, 0.15) is 18.3 Å². The van der Waals surface area contributed by atoms with Crippen LogP contribution in [0.1, 0.15) is 16.9 Å². The van der Waals surface area contributed by atoms with Crippen molar-refractivity contribution in [1.29, 1.82) is 0 Å². The van der Waals surface area contributed by atoms with Crippen molar-refractivity contribution < 1.29 is 4.79 Å². The van der Waals surface area contributed by atoms with Gasteiger partial charge in [-0.05, 0) is 18.1 Å². The highest BCUT2D eigenvalue weighted by Crippen LogP contribution is 2.21. The molecule has 0 saturated heterocycles. The number of anilines is 1. The number of nitrogens with two attached hydrogens (primary N) is 1. The van der Waals surface area contributed by atoms with Gasteiger partial charge in [-0.25, -0.2) is 15.0 Å². The third kappa shape index (κ3) is 3.75. The average molecular weight is 375 g/mol. The molecule has 28 heavy (non-hydrogen) atoms. The Labute approximate surface area is 162 Å². The van der Waals surface area contributed by atoms with Gasteiger partial charge < -0.3 is 10.6 Å². The standard InChI is InChI=1S/C20H21N7O/c1-26(10-14-6-8-15(9-7-14)11-27-13-22-12-23-27)19(28)18-16-4-2-3-5-17(16)24-20(21)25-18/h2-8,12-13,15H,9-11H2,1H3,(H2,21,24,25). The van der Waals surface area contributed by atoms with Gasteiger partial charge in [-0.2, -0.15) is 5.10 Å². The number of nitrogens with zero attached hydrogens (tertiary/aromatic N) is 6. The molecule has 1 aliphatic rings. The molecule has 2 N–H and O–H groups in total. The Hall–Kier alpha value is -3.55. The first kappa shape index (κ1) is 17.8. The fraction of sp³-hybridized carbons (Fsp3) is 0.250. The number of benzene rings is 1. The Morgan fingerprint density at radius 1 is 1.32 bits per heavy atom. The first-order valence-electron chi connectivity index (χ1n) is 9.07. The zero-order chi connectivity index (χ0) is 19.5. The van der Waals surface area contributed by atoms with E-state index in [1.54, 1.807) is 18.3 Å². The number of hydrogen-bond donors (Lipinski definition) is 1. The van der Waals surface area contributed by atoms with Gasteiger partial charge in [-0.15, -0.1) is 0 Å². The number of fused-ring (bicyclic) bond motifs is 1. The largest absolute Gasteiger partial charge is 0.368 e. The molecule has 0 aliphatic heterocycles. The second-order valence-electron chi connectivity index (χ2n) is 6.86. The van der Waals surface area contributed by atoms with E-state index in [-0.39, 0.29) is 11.9 Å². The topological polar surface area (TPSA) is 103 Å². The maximum absolute atomic E-state index is 13.0. The minimum absolute atomic E-state index is 0.100. The van der Waals surface area contributed by atoms with Crippen LogP contribution < -0.4 is 5.73 Å². The zero-order valence-corrected chi connectivity index (χ0v) is 15.6. The number of rotatable bonds is 5. The van der Waals surface area contributed by atoms with Gasteiger partial charge in [0.25, 0.3) is 5.91 Å². The Bertz CT molecular complexity index is 1060. The molecule has 0 saturated carbocycles. The quantitative estimate of drug-likeness (QED) is 0.732. The molecule has 142 valence electrons. The maximum Gasteiger partial charge on any atom is 0.273 e. The van der Waals surface area contributed by atoms with Crippen LogP contribution in [0, 0.1) is 5.92 Å². The summed E-state index contributed by atoms with van der Waals surface area (Å²) in [5, 5.41) is 4.85. The van der Waals surface area contributed by atoms with Crippen LogP contribution in [0.25, 0.3) is 10.9 Å². The summed E-state index contributed by atoms with van der Waals surface area (Å²) in [5.74, 6) is 0.296. The highest BCUT2D eigenvalue weighted by Gasteiger charge is 2.19. The highest BCUT2D eigenvalue weighted by molar-refractivity contribution is 6.04. The SMILES string of the molecule is CN(CC1=CCC(Cn2cncn2)C=C1)C(=O)c1nc(N)nc2ccccc12. The van der Waals surface area contributed by atoms with Gasteiger partial charge in [0.2, 0.25) is 5.95 Å². The second kappa shape index (κ2) is 7.59. The second-order valence-corrected chi connectivity index (χ2v) is 6.86. The lowest BCUT2D eigenvalue weighted by Gasteiger charge is -2.21. The lowest BCUT2D eigenvalue weighted by atomic mass is 9.96. The molecule has 1 aromatic carbocycles. The molecule has 1 amide bonds. The molecule has 1 unspecified atom stereocenters. The summed E-state index contributed by atoms with van der Waals surface area (Å²) < 4.78 is 1.83. The molecular weight excluding hydrogens is 354 g/mol. The van der Waals surface area contributed by atoms with Crippen molar-refractivity contribution in [3.63, 3.8) is 0 Å². The number of carbonyl (C=O) groups excluding carboxylic acids is 1. The molecule has 0 bridgehead atoms. The van der Waals surface area contributed by atoms with E-state index in [1.807, 2.05) is 28.9 Å². The summed E-state index contributed by atoms with van der Waals surface area (Å²) in [6, 6.07) is 7.39. The molecule has 0 fully saturated rings. The molecule has 0 radical (unpaired) electrons. The Kier molecular flexibility index (Phi) is 4.84. The van der Waals surface area contributed by atoms with Gasteiger partial charge in [0, 0.05) is 31.4 Å². The molecule has 4 rings (SSSR count). The lowest BCUT2D eigenvalue weighted by molar-refractivity contribution is 0.0804. The number of amides is 1. The minimum Gasteiger partial charge on any atom is -0.368 e. The van der Waals surface area contributed by atoms with Crippen LogP contribution >= 0.6 is 0 Å². The van der Waals surface area contributed by atoms with Crippen LogP contribution in [-0.2, 0) is 6.54 Å². The van der Waals surface area contributed by atoms with Crippen molar-refractivity contribution in [3.8, 4) is 0 Å². The molecule has 2 heterocycles. The van der Waals surface area contributed by atoms with Gasteiger partial charge in [-0.1, -0.05) is 36.4 Å². The molecule has 2 aromatic heterocycles. The fourth-order valence-corrected chi connectivity index (χ4v) is 3.31. The van der Waals surface area contributed by atoms with E-state index in [4.69, 9.17) is 5.73 Å². The number of allylic oxidation sites excluding steroid dienone is 2. The minimum atomic E-state index is -0.177. The van der Waals surface area contributed by atoms with Gasteiger partial charge >= 0.3 is 0 Å². The summed E-state index contributed by atoms with van der Waals surface area (Å²) in [7, 11) is 1.77. The smallest absolute Gasteiger partial charge is 0.273 e. The van der Waals surface area contributed by atoms with Gasteiger partial charge in [-0.3, -0.25) is 9.48 Å². The maximum atomic E-state index is 13.0. The average Bonchev–Trinajstić information content (AvgIpc) is 3.21. The number of likely N-dealkylation sites (N-methyl/N-ethyl adjacent to an activating group) is 1. The van der Waals surface area contributed by atoms with Crippen LogP contribution in [0.2, 0.25) is 0 Å². The van der Waals surface area contributed by atoms with Crippen LogP contribution in [0.15, 0.2) is 60.7 Å². The van der Waals surface area contributed by atoms with E-state index in [0.29, 0.717) is 29.1 Å². The third-order valence-electron chi connectivity index (χ3n) is 4.74. The third-order valence-corrected chi connectivity index (χ3v) is 4.74. The van der Waals surface area contributed by atoms with Crippen molar-refractivity contribution in [3.05, 3.63) is 66.4 Å². The van der Waals surface area contributed by atoms with Crippen LogP contribution in [0.5, 0.6) is 0 Å². The Morgan fingerprint density at radius 3 is 2.93 bits per heavy atom. The number of aromatic nitrogens is 5. The summed E-state index contributed by atoms with van der Waals surface area (Å²) >= 11 is 0. The molecule has 8 heteroatoms. The number of nitrogen functional groups attached to an aromatic ring is 1. The number of hydrogen-bond acceptors (Lipinski definition) is 6. The van der Waals surface area contributed by atoms with E-state index in [2.05, 4.69) is 38.3 Å². The van der Waals surface area contributed by atoms with E-state index < -0.39 is 0 Å². The van der Waals surface area contributed by atoms with E-state index in [0.717, 1.165) is 18.5 Å². The fourth-order valence-electron chi connectivity index (χ4n) is 3.31. The summed E-state index contributed by atoms with van der Waals surface area (Å²) in [4.78, 5) is 27.0. The highest BCUT2D eigenvalue weighted by atomic mass is 16.2. The number of para-hydroxylation sites is 1. The zero-order valence-electron chi connectivity index (χ0n) is 15.6. The first-order chi connectivity index (χ1) is 13.6. The molecule has 1 atom stereocenters. The molecule has 1 aliphatic carbocycles. The van der Waals surface area contributed by atoms with Crippen LogP contribution in [0.3, 0.4) is 0 Å². The van der Waals surface area contributed by atoms with E-state index >= 15 is 0 Å². The normalized spacial score (nSPS) is 16.2. The van der Waals surface area contributed by atoms with Crippen molar-refractivity contribution in [2.75, 3.05) is 19.3 Å². The monoisotopic (exact) mass is 375 g/mol. The Morgan fingerprint density at radius 2 is 2.18 bits per heavy atom. The lowest BCUT2D eigenvalue weighted by Crippen LogP contribution is -2.30. The van der Waals surface area contributed by atoms with Crippen molar-refractivity contribution in [2.24, 2.45) is 5.92 Å². The van der Waals surface area contributed by atoms with Gasteiger partial charge in [0.05, 0.1) is 5.52 Å². The molecular formula is C20H21N7O. The van der Waals surface area contributed by atoms with Gasteiger partial charge in [0.15, 0.2) is 0 Å². The predicted octanol–water partition coefficient (Wildman–Crippen LogP) is 2.08. The summed E-state index contributed by atoms with van der Waals surface area (Å²) in [6.07, 6.45) is 10.6.